The third-order valence-corrected chi connectivity index (χ3v) is 4.80. The lowest BCUT2D eigenvalue weighted by Gasteiger charge is -2.31. The van der Waals surface area contributed by atoms with Crippen LogP contribution < -0.4 is 10.6 Å². The maximum Gasteiger partial charge on any atom is 0.408 e. The summed E-state index contributed by atoms with van der Waals surface area (Å²) in [5.41, 5.74) is 2.16. The highest BCUT2D eigenvalue weighted by Gasteiger charge is 2.31. The molecule has 0 fully saturated rings. The van der Waals surface area contributed by atoms with Crippen LogP contribution in [0.5, 0.6) is 0 Å². The lowest BCUT2D eigenvalue weighted by Crippen LogP contribution is -2.48. The second-order valence-electron chi connectivity index (χ2n) is 8.80. The lowest BCUT2D eigenvalue weighted by atomic mass is 9.97. The first-order valence-corrected chi connectivity index (χ1v) is 11.1. The zero-order chi connectivity index (χ0) is 23.6. The molecule has 1 rings (SSSR count). The minimum absolute atomic E-state index is 0.212. The van der Waals surface area contributed by atoms with Crippen LogP contribution in [-0.4, -0.2) is 48.0 Å². The molecule has 0 heterocycles. The molecule has 7 nitrogen and oxygen atoms in total. The second-order valence-corrected chi connectivity index (χ2v) is 8.80. The molecule has 0 aromatic heterocycles. The summed E-state index contributed by atoms with van der Waals surface area (Å²) in [5, 5.41) is 5.48. The summed E-state index contributed by atoms with van der Waals surface area (Å²) in [4.78, 5) is 39.6. The standard InChI is InChI=1S/C24H39N3O4/c1-8-10-11-14-25-22(29)21(19-13-12-17(3)15-18(19)4)27(9-2)20(28)16-26-23(30)31-24(5,6)7/h12-13,15,21H,8-11,14,16H2,1-7H3,(H,25,29)(H,26,30). The van der Waals surface area contributed by atoms with Gasteiger partial charge < -0.3 is 20.3 Å². The summed E-state index contributed by atoms with van der Waals surface area (Å²) in [5.74, 6) is -0.558. The van der Waals surface area contributed by atoms with Gasteiger partial charge in [0.15, 0.2) is 0 Å². The third-order valence-electron chi connectivity index (χ3n) is 4.80. The molecule has 3 amide bonds. The van der Waals surface area contributed by atoms with Crippen molar-refractivity contribution in [3.05, 3.63) is 34.9 Å². The number of nitrogens with zero attached hydrogens (tertiary/aromatic N) is 1. The Morgan fingerprint density at radius 1 is 1.06 bits per heavy atom. The molecular formula is C24H39N3O4. The predicted molar refractivity (Wildman–Crippen MR) is 123 cm³/mol. The van der Waals surface area contributed by atoms with Gasteiger partial charge >= 0.3 is 6.09 Å². The first-order chi connectivity index (χ1) is 14.5. The van der Waals surface area contributed by atoms with E-state index in [0.717, 1.165) is 36.0 Å². The van der Waals surface area contributed by atoms with Crippen LogP contribution in [0.1, 0.15) is 76.6 Å². The number of benzene rings is 1. The van der Waals surface area contributed by atoms with Gasteiger partial charge in [0.25, 0.3) is 0 Å². The molecule has 7 heteroatoms. The first-order valence-electron chi connectivity index (χ1n) is 11.1. The molecule has 0 aliphatic carbocycles. The van der Waals surface area contributed by atoms with Crippen molar-refractivity contribution in [2.45, 2.75) is 79.4 Å². The molecule has 1 atom stereocenters. The Morgan fingerprint density at radius 2 is 1.74 bits per heavy atom. The van der Waals surface area contributed by atoms with E-state index in [4.69, 9.17) is 4.74 Å². The summed E-state index contributed by atoms with van der Waals surface area (Å²) < 4.78 is 5.20. The van der Waals surface area contributed by atoms with E-state index >= 15 is 0 Å². The Morgan fingerprint density at radius 3 is 2.29 bits per heavy atom. The van der Waals surface area contributed by atoms with Crippen molar-refractivity contribution in [1.29, 1.82) is 0 Å². The molecule has 0 saturated heterocycles. The minimum atomic E-state index is -0.764. The fourth-order valence-corrected chi connectivity index (χ4v) is 3.33. The van der Waals surface area contributed by atoms with Gasteiger partial charge in [-0.25, -0.2) is 4.79 Å². The van der Waals surface area contributed by atoms with E-state index in [-0.39, 0.29) is 18.4 Å². The number of likely N-dealkylation sites (N-methyl/N-ethyl adjacent to an activating group) is 1. The molecule has 0 aliphatic rings. The number of amides is 3. The summed E-state index contributed by atoms with van der Waals surface area (Å²) in [6.45, 7) is 13.8. The van der Waals surface area contributed by atoms with Gasteiger partial charge in [0, 0.05) is 13.1 Å². The van der Waals surface area contributed by atoms with Gasteiger partial charge in [-0.2, -0.15) is 0 Å². The zero-order valence-electron chi connectivity index (χ0n) is 20.1. The number of ether oxygens (including phenoxy) is 1. The molecule has 1 unspecified atom stereocenters. The molecule has 2 N–H and O–H groups in total. The first kappa shape index (κ1) is 26.5. The van der Waals surface area contributed by atoms with E-state index in [2.05, 4.69) is 17.6 Å². The van der Waals surface area contributed by atoms with Crippen molar-refractivity contribution in [3.8, 4) is 0 Å². The van der Waals surface area contributed by atoms with Crippen molar-refractivity contribution in [2.24, 2.45) is 0 Å². The van der Waals surface area contributed by atoms with E-state index in [0.29, 0.717) is 13.1 Å². The SMILES string of the molecule is CCCCCNC(=O)C(c1ccc(C)cc1C)N(CC)C(=O)CNC(=O)OC(C)(C)C. The molecular weight excluding hydrogens is 394 g/mol. The Hall–Kier alpha value is -2.57. The Balaban J connectivity index is 3.05. The molecule has 1 aromatic carbocycles. The Bertz CT molecular complexity index is 756. The fraction of sp³-hybridized carbons (Fsp3) is 0.625. The van der Waals surface area contributed by atoms with E-state index in [1.807, 2.05) is 39.0 Å². The second kappa shape index (κ2) is 12.3. The third kappa shape index (κ3) is 8.99. The smallest absolute Gasteiger partial charge is 0.408 e. The van der Waals surface area contributed by atoms with Crippen molar-refractivity contribution >= 4 is 17.9 Å². The maximum absolute atomic E-state index is 13.2. The van der Waals surface area contributed by atoms with E-state index in [9.17, 15) is 14.4 Å². The molecule has 0 radical (unpaired) electrons. The van der Waals surface area contributed by atoms with Crippen LogP contribution >= 0.6 is 0 Å². The number of hydrogen-bond acceptors (Lipinski definition) is 4. The number of carbonyl (C=O) groups excluding carboxylic acids is 3. The van der Waals surface area contributed by atoms with Gasteiger partial charge in [-0.1, -0.05) is 43.5 Å². The van der Waals surface area contributed by atoms with Gasteiger partial charge in [0.2, 0.25) is 11.8 Å². The predicted octanol–water partition coefficient (Wildman–Crippen LogP) is 4.02. The molecule has 31 heavy (non-hydrogen) atoms. The average Bonchev–Trinajstić information content (AvgIpc) is 2.67. The maximum atomic E-state index is 13.2. The number of rotatable bonds is 10. The van der Waals surface area contributed by atoms with Crippen molar-refractivity contribution in [1.82, 2.24) is 15.5 Å². The van der Waals surface area contributed by atoms with Gasteiger partial charge in [-0.15, -0.1) is 0 Å². The van der Waals surface area contributed by atoms with Crippen LogP contribution in [0.15, 0.2) is 18.2 Å². The quantitative estimate of drug-likeness (QED) is 0.546. The molecule has 1 aromatic rings. The Labute approximate surface area is 186 Å². The monoisotopic (exact) mass is 433 g/mol. The van der Waals surface area contributed by atoms with Crippen LogP contribution in [0.3, 0.4) is 0 Å². The lowest BCUT2D eigenvalue weighted by molar-refractivity contribution is -0.140. The molecule has 0 bridgehead atoms. The molecule has 0 saturated carbocycles. The van der Waals surface area contributed by atoms with E-state index in [1.54, 1.807) is 20.8 Å². The fourth-order valence-electron chi connectivity index (χ4n) is 3.33. The van der Waals surface area contributed by atoms with E-state index in [1.165, 1.54) is 4.90 Å². The summed E-state index contributed by atoms with van der Waals surface area (Å²) >= 11 is 0. The average molecular weight is 434 g/mol. The van der Waals surface area contributed by atoms with Crippen LogP contribution in [0.2, 0.25) is 0 Å². The normalized spacial score (nSPS) is 12.1. The summed E-state index contributed by atoms with van der Waals surface area (Å²) in [7, 11) is 0. The van der Waals surface area contributed by atoms with Crippen LogP contribution in [0, 0.1) is 13.8 Å². The molecule has 174 valence electrons. The number of unbranched alkanes of at least 4 members (excludes halogenated alkanes) is 2. The van der Waals surface area contributed by atoms with Crippen LogP contribution in [-0.2, 0) is 14.3 Å². The number of aryl methyl sites for hydroxylation is 2. The summed E-state index contributed by atoms with van der Waals surface area (Å²) in [6, 6.07) is 5.08. The van der Waals surface area contributed by atoms with Gasteiger partial charge in [-0.3, -0.25) is 9.59 Å². The van der Waals surface area contributed by atoms with Crippen molar-refractivity contribution in [3.63, 3.8) is 0 Å². The van der Waals surface area contributed by atoms with Crippen molar-refractivity contribution in [2.75, 3.05) is 19.6 Å². The number of hydrogen-bond donors (Lipinski definition) is 2. The van der Waals surface area contributed by atoms with Gasteiger partial charge in [-0.05, 0) is 59.1 Å². The Kier molecular flexibility index (Phi) is 10.5. The van der Waals surface area contributed by atoms with Gasteiger partial charge in [0.05, 0.1) is 0 Å². The van der Waals surface area contributed by atoms with E-state index < -0.39 is 17.7 Å². The van der Waals surface area contributed by atoms with Crippen LogP contribution in [0.25, 0.3) is 0 Å². The number of carbonyl (C=O) groups is 3. The highest BCUT2D eigenvalue weighted by Crippen LogP contribution is 2.25. The van der Waals surface area contributed by atoms with Gasteiger partial charge in [0.1, 0.15) is 18.2 Å². The largest absolute Gasteiger partial charge is 0.444 e. The number of nitrogens with one attached hydrogen (secondary N) is 2. The minimum Gasteiger partial charge on any atom is -0.444 e. The van der Waals surface area contributed by atoms with Crippen molar-refractivity contribution < 1.29 is 19.1 Å². The summed E-state index contributed by atoms with van der Waals surface area (Å²) in [6.07, 6.45) is 2.32. The topological polar surface area (TPSA) is 87.7 Å². The highest BCUT2D eigenvalue weighted by molar-refractivity contribution is 5.90. The zero-order valence-corrected chi connectivity index (χ0v) is 20.1. The van der Waals surface area contributed by atoms with Crippen LogP contribution in [0.4, 0.5) is 4.79 Å². The highest BCUT2D eigenvalue weighted by atomic mass is 16.6. The number of alkyl carbamates (subject to hydrolysis) is 1. The molecule has 0 aliphatic heterocycles. The molecule has 0 spiro atoms.